The van der Waals surface area contributed by atoms with Crippen molar-refractivity contribution in [3.05, 3.63) is 23.3 Å². The van der Waals surface area contributed by atoms with Crippen LogP contribution in [0, 0.1) is 6.92 Å². The Kier molecular flexibility index (Phi) is 7.65. The van der Waals surface area contributed by atoms with Crippen LogP contribution in [-0.4, -0.2) is 36.8 Å². The molecule has 1 aromatic rings. The van der Waals surface area contributed by atoms with Crippen LogP contribution in [0.15, 0.2) is 12.1 Å². The summed E-state index contributed by atoms with van der Waals surface area (Å²) in [6, 6.07) is 0.706. The van der Waals surface area contributed by atoms with Crippen molar-refractivity contribution in [3.8, 4) is 11.5 Å². The van der Waals surface area contributed by atoms with Gasteiger partial charge in [0.05, 0.1) is 13.1 Å². The quantitative estimate of drug-likeness (QED) is 0.475. The predicted molar refractivity (Wildman–Crippen MR) is 64.2 cm³/mol. The van der Waals surface area contributed by atoms with Crippen LogP contribution < -0.4 is 44.1 Å². The number of aliphatic hydroxyl groups is 1. The molecule has 25 heavy (non-hydrogen) atoms. The van der Waals surface area contributed by atoms with E-state index in [0.717, 1.165) is 14.0 Å². The van der Waals surface area contributed by atoms with Crippen molar-refractivity contribution in [1.29, 1.82) is 0 Å². The first-order valence-corrected chi connectivity index (χ1v) is 6.13. The Morgan fingerprint density at radius 2 is 1.72 bits per heavy atom. The summed E-state index contributed by atoms with van der Waals surface area (Å²) in [5.41, 5.74) is -1.82. The number of hydrogen-bond acceptors (Lipinski definition) is 5. The van der Waals surface area contributed by atoms with Crippen LogP contribution in [0.1, 0.15) is 11.1 Å². The molecule has 1 N–H and O–H groups in total. The van der Waals surface area contributed by atoms with Crippen LogP contribution in [-0.2, 0) is 10.7 Å². The summed E-state index contributed by atoms with van der Waals surface area (Å²) in [7, 11) is 0.938. The molecule has 0 spiro atoms. The second kappa shape index (κ2) is 8.02. The van der Waals surface area contributed by atoms with Crippen molar-refractivity contribution in [1.82, 2.24) is 0 Å². The Bertz CT molecular complexity index is 632. The normalized spacial score (nSPS) is 14.3. The molecule has 0 aliphatic carbocycles. The summed E-state index contributed by atoms with van der Waals surface area (Å²) in [5, 5.41) is 19.0. The summed E-state index contributed by atoms with van der Waals surface area (Å²) < 4.78 is 87.4. The number of methoxy groups -OCH3 is 1. The monoisotopic (exact) mass is 384 g/mol. The van der Waals surface area contributed by atoms with Crippen molar-refractivity contribution < 1.29 is 80.4 Å². The Labute approximate surface area is 159 Å². The number of halogens is 6. The number of aryl methyl sites for hydroxylation is 1. The van der Waals surface area contributed by atoms with Crippen molar-refractivity contribution >= 4 is 5.97 Å². The molecular formula is C13H11F6NaO5. The van der Waals surface area contributed by atoms with E-state index in [1.807, 2.05) is 0 Å². The minimum absolute atomic E-state index is 0. The van der Waals surface area contributed by atoms with Gasteiger partial charge in [0.15, 0.2) is 11.5 Å². The zero-order chi connectivity index (χ0) is 18.9. The zero-order valence-electron chi connectivity index (χ0n) is 13.2. The van der Waals surface area contributed by atoms with E-state index in [2.05, 4.69) is 4.74 Å². The third-order valence-electron chi connectivity index (χ3n) is 2.95. The number of hydrogen-bond donors (Lipinski definition) is 1. The fraction of sp³-hybridized carbons (Fsp3) is 0.462. The van der Waals surface area contributed by atoms with Gasteiger partial charge in [0, 0.05) is 5.56 Å². The van der Waals surface area contributed by atoms with Gasteiger partial charge in [-0.3, -0.25) is 0 Å². The van der Waals surface area contributed by atoms with E-state index in [0.29, 0.717) is 12.1 Å². The van der Waals surface area contributed by atoms with Gasteiger partial charge in [0.25, 0.3) is 0 Å². The third-order valence-corrected chi connectivity index (χ3v) is 2.95. The Morgan fingerprint density at radius 3 is 2.12 bits per heavy atom. The van der Waals surface area contributed by atoms with Gasteiger partial charge >= 0.3 is 47.5 Å². The molecule has 1 unspecified atom stereocenters. The molecule has 0 saturated heterocycles. The van der Waals surface area contributed by atoms with Crippen LogP contribution in [0.4, 0.5) is 26.3 Å². The van der Waals surface area contributed by atoms with Crippen molar-refractivity contribution in [3.63, 3.8) is 0 Å². The molecule has 0 bridgehead atoms. The van der Waals surface area contributed by atoms with Gasteiger partial charge in [-0.25, -0.2) is 0 Å². The maximum atomic E-state index is 13.8. The molecule has 1 atom stereocenters. The molecule has 5 nitrogen and oxygen atoms in total. The number of alkyl halides is 6. The standard InChI is InChI=1S/C13H12F6O5.Na/c1-6-3-7(11(14,15)12(16,22)13(17,18)19)4-8(23-2)10(6)24-5-9(20)21;/h3-4,22H,5H2,1-2H3,(H,20,21);/q;+1/p-1. The number of benzene rings is 1. The predicted octanol–water partition coefficient (Wildman–Crippen LogP) is -1.55. The van der Waals surface area contributed by atoms with E-state index in [4.69, 9.17) is 9.84 Å². The molecule has 0 aromatic heterocycles. The maximum Gasteiger partial charge on any atom is 1.00 e. The molecule has 0 aliphatic rings. The summed E-state index contributed by atoms with van der Waals surface area (Å²) >= 11 is 0. The fourth-order valence-corrected chi connectivity index (χ4v) is 1.76. The van der Waals surface area contributed by atoms with Crippen LogP contribution in [0.2, 0.25) is 0 Å². The summed E-state index contributed by atoms with van der Waals surface area (Å²) in [6.45, 7) is 0.0973. The molecule has 0 fully saturated rings. The smallest absolute Gasteiger partial charge is 0.546 e. The van der Waals surface area contributed by atoms with Gasteiger partial charge in [-0.1, -0.05) is 0 Å². The van der Waals surface area contributed by atoms with Gasteiger partial charge in [-0.2, -0.15) is 26.3 Å². The average Bonchev–Trinajstić information content (AvgIpc) is 2.43. The number of ether oxygens (including phenoxy) is 2. The van der Waals surface area contributed by atoms with Crippen LogP contribution in [0.5, 0.6) is 11.5 Å². The number of carboxylic acid groups (broad SMARTS) is 1. The molecule has 0 aliphatic heterocycles. The number of carbonyl (C=O) groups is 1. The van der Waals surface area contributed by atoms with Crippen LogP contribution in [0.3, 0.4) is 0 Å². The number of carboxylic acids is 1. The molecular weight excluding hydrogens is 373 g/mol. The number of aliphatic carboxylic acids is 1. The van der Waals surface area contributed by atoms with E-state index in [1.165, 1.54) is 0 Å². The van der Waals surface area contributed by atoms with Crippen LogP contribution in [0.25, 0.3) is 0 Å². The van der Waals surface area contributed by atoms with Gasteiger partial charge in [0.2, 0.25) is 0 Å². The molecule has 0 radical (unpaired) electrons. The topological polar surface area (TPSA) is 78.8 Å². The van der Waals surface area contributed by atoms with Crippen molar-refractivity contribution in [2.45, 2.75) is 24.9 Å². The minimum atomic E-state index is -6.26. The molecule has 1 aromatic carbocycles. The van der Waals surface area contributed by atoms with Crippen molar-refractivity contribution in [2.24, 2.45) is 0 Å². The third kappa shape index (κ3) is 4.72. The van der Waals surface area contributed by atoms with Crippen LogP contribution >= 0.6 is 0 Å². The number of carbonyl (C=O) groups excluding carboxylic acids is 1. The second-order valence-corrected chi connectivity index (χ2v) is 4.68. The van der Waals surface area contributed by atoms with E-state index < -0.39 is 41.8 Å². The first-order chi connectivity index (χ1) is 10.8. The molecule has 0 saturated carbocycles. The van der Waals surface area contributed by atoms with E-state index in [-0.39, 0.29) is 40.9 Å². The fourth-order valence-electron chi connectivity index (χ4n) is 1.76. The number of rotatable bonds is 6. The van der Waals surface area contributed by atoms with E-state index in [9.17, 15) is 36.2 Å². The first-order valence-electron chi connectivity index (χ1n) is 6.13. The maximum absolute atomic E-state index is 13.8. The van der Waals surface area contributed by atoms with Gasteiger partial charge < -0.3 is 24.5 Å². The Morgan fingerprint density at radius 1 is 1.20 bits per heavy atom. The molecule has 0 amide bonds. The van der Waals surface area contributed by atoms with Crippen molar-refractivity contribution in [2.75, 3.05) is 13.7 Å². The van der Waals surface area contributed by atoms with Gasteiger partial charge in [-0.15, -0.1) is 0 Å². The summed E-state index contributed by atoms with van der Waals surface area (Å²) in [5.74, 6) is -13.8. The summed E-state index contributed by atoms with van der Waals surface area (Å²) in [6.07, 6.45) is -6.26. The minimum Gasteiger partial charge on any atom is -0.546 e. The Balaban J connectivity index is 0.00000576. The Hall–Kier alpha value is -1.17. The largest absolute Gasteiger partial charge is 1.00 e. The zero-order valence-corrected chi connectivity index (χ0v) is 15.2. The summed E-state index contributed by atoms with van der Waals surface area (Å²) in [4.78, 5) is 10.3. The SMILES string of the molecule is COc1cc(C(F)(F)C(O)(F)C(F)(F)F)cc(C)c1OCC(=O)[O-].[Na+]. The van der Waals surface area contributed by atoms with Gasteiger partial charge in [-0.05, 0) is 24.6 Å². The average molecular weight is 384 g/mol. The molecule has 136 valence electrons. The molecule has 1 rings (SSSR count). The second-order valence-electron chi connectivity index (χ2n) is 4.68. The van der Waals surface area contributed by atoms with Gasteiger partial charge in [0.1, 0.15) is 6.61 Å². The van der Waals surface area contributed by atoms with E-state index in [1.54, 1.807) is 0 Å². The molecule has 0 heterocycles. The first kappa shape index (κ1) is 23.8. The molecule has 12 heteroatoms. The van der Waals surface area contributed by atoms with E-state index >= 15 is 0 Å².